The predicted octanol–water partition coefficient (Wildman–Crippen LogP) is -2.85. The number of hydrogen-bond acceptors (Lipinski definition) is 23. The molecule has 0 radical (unpaired) electrons. The van der Waals surface area contributed by atoms with E-state index in [1.807, 2.05) is 13.8 Å². The number of ketones is 1. The van der Waals surface area contributed by atoms with Gasteiger partial charge in [-0.2, -0.15) is 0 Å². The van der Waals surface area contributed by atoms with Gasteiger partial charge in [-0.05, 0) is 106 Å². The number of H-pyrrole nitrogens is 2. The number of aliphatic hydroxyl groups is 1. The normalized spacial score (nSPS) is 24.4. The van der Waals surface area contributed by atoms with Gasteiger partial charge in [0.1, 0.15) is 84.3 Å². The molecule has 0 unspecified atom stereocenters. The highest BCUT2D eigenvalue weighted by Crippen LogP contribution is 2.28. The van der Waals surface area contributed by atoms with E-state index in [1.54, 1.807) is 60.9 Å². The number of aliphatic hydroxyl groups excluding tert-OH is 1. The molecule has 16 amide bonds. The molecule has 5 heterocycles. The first-order chi connectivity index (χ1) is 62.9. The van der Waals surface area contributed by atoms with E-state index < -0.39 is 254 Å². The number of nitrogens with zero attached hydrogens (tertiary/aromatic N) is 5. The third-order valence-corrected chi connectivity index (χ3v) is 24.8. The number of carbonyl (C=O) groups is 18. The Balaban J connectivity index is 1.18. The van der Waals surface area contributed by atoms with Crippen LogP contribution in [0.15, 0.2) is 85.2 Å². The number of para-hydroxylation sites is 2. The highest BCUT2D eigenvalue weighted by Gasteiger charge is 2.45. The third kappa shape index (κ3) is 29.1. The van der Waals surface area contributed by atoms with Crippen LogP contribution in [0, 0.1) is 5.41 Å². The molecule has 3 aromatic carbocycles. The van der Waals surface area contributed by atoms with Gasteiger partial charge in [0.25, 0.3) is 0 Å². The predicted molar refractivity (Wildman–Crippen MR) is 484 cm³/mol. The molecule has 24 N–H and O–H groups in total. The minimum Gasteiger partial charge on any atom is -0.508 e. The number of phenols is 1. The van der Waals surface area contributed by atoms with Gasteiger partial charge < -0.3 is 126 Å². The molecule has 0 saturated carbocycles. The summed E-state index contributed by atoms with van der Waals surface area (Å²) in [5, 5.41) is 66.6. The van der Waals surface area contributed by atoms with Crippen molar-refractivity contribution in [3.8, 4) is 5.75 Å². The molecule has 132 heavy (non-hydrogen) atoms. The van der Waals surface area contributed by atoms with Crippen LogP contribution < -0.4 is 76.1 Å². The number of aromatic hydroxyl groups is 1. The van der Waals surface area contributed by atoms with Crippen molar-refractivity contribution >= 4 is 146 Å². The fourth-order valence-corrected chi connectivity index (χ4v) is 17.1. The Hall–Kier alpha value is -13.3. The lowest BCUT2D eigenvalue weighted by Crippen LogP contribution is -2.62. The largest absolute Gasteiger partial charge is 0.508 e. The molecule has 43 nitrogen and oxygen atoms in total. The number of phenolic OH excluding ortho intramolecular Hbond substituents is 1. The van der Waals surface area contributed by atoms with Gasteiger partial charge in [0.2, 0.25) is 94.5 Å². The SMILES string of the molecule is CCCC[C@H]1C(=O)N(C)[C@@H](CCCC)C(=O)N[C@@H](CCCNC(=N)N)C(=O)N[C@H](C(=O)CCC(N)=O)CSCC(=O)N[C@@H](Cc2ccc(O)cc2)C(=O)N(C)[C@@H](C)C(=O)N[C@@H](CC(N)=O)C(=O)N2CCC[C@H]2C(=O)N[C@@H](CN)C(=O)N[C@@H](CCC(=O)O)C(=O)N2CCC[C@H]2C(=O)N[C@@H](Cc2c[nH]c3ccccc23)C(=O)N[C@@H](CO)C(=O)N[C@@H](Cc2c[nH]c3ccccc23)C(=O)N1C. The lowest BCUT2D eigenvalue weighted by atomic mass is 10.00. The van der Waals surface area contributed by atoms with E-state index in [1.165, 1.54) is 52.3 Å². The molecule has 718 valence electrons. The van der Waals surface area contributed by atoms with Crippen LogP contribution in [-0.4, -0.2) is 312 Å². The number of aromatic amines is 2. The van der Waals surface area contributed by atoms with Crippen molar-refractivity contribution in [3.05, 3.63) is 102 Å². The number of aromatic nitrogens is 2. The quantitative estimate of drug-likeness (QED) is 0.0143. The number of nitrogens with two attached hydrogens (primary N) is 4. The number of carboxylic acid groups (broad SMARTS) is 1. The molecule has 0 aliphatic carbocycles. The summed E-state index contributed by atoms with van der Waals surface area (Å²) >= 11 is 0.789. The number of thioether (sulfide) groups is 1. The van der Waals surface area contributed by atoms with E-state index in [9.17, 15) is 72.9 Å². The summed E-state index contributed by atoms with van der Waals surface area (Å²) in [6.45, 7) is 2.85. The number of guanidine groups is 1. The van der Waals surface area contributed by atoms with Crippen LogP contribution in [0.2, 0.25) is 0 Å². The Morgan fingerprint density at radius 1 is 0.500 bits per heavy atom. The number of likely N-dealkylation sites (N-methyl/N-ethyl adjacent to an activating group) is 3. The Labute approximate surface area is 766 Å². The van der Waals surface area contributed by atoms with Crippen molar-refractivity contribution in [1.82, 2.24) is 87.6 Å². The summed E-state index contributed by atoms with van der Waals surface area (Å²) in [6.07, 6.45) is 0.860. The van der Waals surface area contributed by atoms with Gasteiger partial charge in [0, 0.05) is 126 Å². The Bertz CT molecular complexity index is 4990. The number of fused-ring (bicyclic) bond motifs is 4. The van der Waals surface area contributed by atoms with Crippen molar-refractivity contribution in [2.24, 2.45) is 22.9 Å². The number of unbranched alkanes of at least 4 members (excludes halogenated alkanes) is 2. The maximum atomic E-state index is 15.7. The Kier molecular flexibility index (Phi) is 39.6. The lowest BCUT2D eigenvalue weighted by Gasteiger charge is -2.36. The Morgan fingerprint density at radius 3 is 1.55 bits per heavy atom. The monoisotopic (exact) mass is 1860 g/mol. The summed E-state index contributed by atoms with van der Waals surface area (Å²) in [6, 6.07) is -2.49. The average Bonchev–Trinajstić information content (AvgIpc) is 1.67. The number of carboxylic acids is 1. The van der Waals surface area contributed by atoms with Crippen LogP contribution in [0.4, 0.5) is 0 Å². The molecule has 0 bridgehead atoms. The molecular formula is C88H124N22O21S. The maximum Gasteiger partial charge on any atom is 0.303 e. The van der Waals surface area contributed by atoms with E-state index in [-0.39, 0.29) is 96.0 Å². The zero-order valence-corrected chi connectivity index (χ0v) is 75.7. The van der Waals surface area contributed by atoms with Gasteiger partial charge in [0.15, 0.2) is 11.7 Å². The standard InChI is InChI=1S/C88H124N22O21S/c1-7-9-23-66-80(124)98-57(22-15-35-94-88(92)93)76(120)105-65(70(113)32-33-71(90)114)46-132-47-73(116)97-60(38-49-27-29-52(112)30-28-49)83(127)106(4)48(3)75(119)101-62(41-72(91)115)86(130)110-37-17-26-68(110)82(126)103-63(42-89)78(122)99-58(31-34-74(117)118)85(129)109-36-16-25-67(109)81(125)100-59(39-50-43-95-55-20-13-11-18-53(50)55)77(121)104-64(45-111)79(123)102-61(40-51-44-96-56-21-14-12-19-54(51)56)84(128)108(6)69(24-10-8-2)87(131)107(66)5/h11-14,18-21,27-30,43-44,48,57-69,95-96,111-112H,7-10,15-17,22-26,31-42,45-47,89H2,1-6H3,(H2,90,114)(H2,91,115)(H,97,116)(H,98,124)(H,99,122)(H,100,125)(H,101,119)(H,102,123)(H,103,126)(H,104,121)(H,105,120)(H,117,118)(H4,92,93,94)/t48-,57-,58-,59-,60-,61-,62-,63-,64-,65-,66-,67-,68-,69-/m0/s1. The number of amides is 16. The van der Waals surface area contributed by atoms with Crippen LogP contribution in [-0.2, 0) is 106 Å². The zero-order chi connectivity index (χ0) is 96.7. The van der Waals surface area contributed by atoms with Crippen LogP contribution in [0.1, 0.15) is 147 Å². The van der Waals surface area contributed by atoms with E-state index in [0.29, 0.717) is 64.2 Å². The van der Waals surface area contributed by atoms with Crippen molar-refractivity contribution < 1.29 is 102 Å². The molecule has 3 aliphatic rings. The number of primary amides is 2. The topological polar surface area (TPSA) is 664 Å². The van der Waals surface area contributed by atoms with Crippen LogP contribution in [0.3, 0.4) is 0 Å². The molecule has 44 heteroatoms. The first-order valence-corrected chi connectivity index (χ1v) is 45.3. The average molecular weight is 1860 g/mol. The summed E-state index contributed by atoms with van der Waals surface area (Å²) in [7, 11) is 3.88. The van der Waals surface area contributed by atoms with Gasteiger partial charge in [-0.15, -0.1) is 11.8 Å². The molecular weight excluding hydrogens is 1730 g/mol. The van der Waals surface area contributed by atoms with Gasteiger partial charge in [-0.3, -0.25) is 91.7 Å². The summed E-state index contributed by atoms with van der Waals surface area (Å²) in [5.74, 6) is -19.0. The third-order valence-electron chi connectivity index (χ3n) is 23.7. The smallest absolute Gasteiger partial charge is 0.303 e. The second-order valence-corrected chi connectivity index (χ2v) is 34.3. The van der Waals surface area contributed by atoms with Crippen LogP contribution >= 0.6 is 11.8 Å². The second-order valence-electron chi connectivity index (χ2n) is 33.3. The fourth-order valence-electron chi connectivity index (χ4n) is 16.2. The summed E-state index contributed by atoms with van der Waals surface area (Å²) < 4.78 is 0. The molecule has 5 aromatic rings. The van der Waals surface area contributed by atoms with Gasteiger partial charge in [0.05, 0.1) is 24.8 Å². The highest BCUT2D eigenvalue weighted by molar-refractivity contribution is 8.00. The van der Waals surface area contributed by atoms with E-state index >= 15 is 28.8 Å². The maximum absolute atomic E-state index is 15.7. The number of benzene rings is 3. The molecule has 8 rings (SSSR count). The van der Waals surface area contributed by atoms with E-state index in [4.69, 9.17) is 28.3 Å². The summed E-state index contributed by atoms with van der Waals surface area (Å²) in [4.78, 5) is 272. The lowest BCUT2D eigenvalue weighted by molar-refractivity contribution is -0.149. The molecule has 14 atom stereocenters. The minimum absolute atomic E-state index is 0.00640. The second kappa shape index (κ2) is 50.2. The van der Waals surface area contributed by atoms with E-state index in [0.717, 1.165) is 36.3 Å². The van der Waals surface area contributed by atoms with Crippen molar-refractivity contribution in [2.75, 3.05) is 65.4 Å². The number of hydrogen-bond donors (Lipinski definition) is 20. The van der Waals surface area contributed by atoms with Crippen LogP contribution in [0.25, 0.3) is 21.8 Å². The molecule has 3 aliphatic heterocycles. The number of rotatable bonds is 27. The van der Waals surface area contributed by atoms with Gasteiger partial charge in [-0.25, -0.2) is 0 Å². The highest BCUT2D eigenvalue weighted by atomic mass is 32.2. The van der Waals surface area contributed by atoms with E-state index in [2.05, 4.69) is 63.1 Å². The van der Waals surface area contributed by atoms with Crippen LogP contribution in [0.5, 0.6) is 5.75 Å². The first-order valence-electron chi connectivity index (χ1n) is 44.2. The van der Waals surface area contributed by atoms with Crippen molar-refractivity contribution in [3.63, 3.8) is 0 Å². The van der Waals surface area contributed by atoms with Crippen molar-refractivity contribution in [2.45, 2.75) is 234 Å². The molecule has 3 saturated heterocycles. The van der Waals surface area contributed by atoms with Crippen molar-refractivity contribution in [1.29, 1.82) is 5.41 Å². The molecule has 0 spiro atoms. The molecule has 2 aromatic heterocycles. The van der Waals surface area contributed by atoms with Gasteiger partial charge in [-0.1, -0.05) is 88.1 Å². The summed E-state index contributed by atoms with van der Waals surface area (Å²) in [5.41, 5.74) is 25.5. The number of Topliss-reactive ketones (excluding diaryl/α,β-unsaturated/α-hetero) is 1. The first kappa shape index (κ1) is 104. The zero-order valence-electron chi connectivity index (χ0n) is 74.9. The van der Waals surface area contributed by atoms with Gasteiger partial charge >= 0.3 is 5.97 Å². The number of carbonyl (C=O) groups excluding carboxylic acids is 17. The fraction of sp³-hybridized carbons (Fsp3) is 0.534. The number of aliphatic carboxylic acids is 1. The minimum atomic E-state index is -1.89. The number of nitrogens with one attached hydrogen (secondary N) is 13. The molecule has 3 fully saturated rings. The Morgan fingerprint density at radius 2 is 0.992 bits per heavy atom.